The minimum Gasteiger partial charge on any atom is -0.461 e. The monoisotopic (exact) mass is 490 g/mol. The van der Waals surface area contributed by atoms with Crippen molar-refractivity contribution in [2.45, 2.75) is 6.92 Å². The first-order chi connectivity index (χ1) is 17.6. The van der Waals surface area contributed by atoms with Crippen LogP contribution in [0.4, 0.5) is 17.1 Å². The van der Waals surface area contributed by atoms with Gasteiger partial charge in [-0.1, -0.05) is 72.8 Å². The second kappa shape index (κ2) is 12.4. The van der Waals surface area contributed by atoms with E-state index in [1.807, 2.05) is 61.6 Å². The van der Waals surface area contributed by atoms with Crippen molar-refractivity contribution < 1.29 is 9.53 Å². The molecular formula is C32H28NO2S+. The van der Waals surface area contributed by atoms with Crippen LogP contribution in [0, 0.1) is 0 Å². The topological polar surface area (TPSA) is 33.9 Å². The number of benzene rings is 4. The van der Waals surface area contributed by atoms with Crippen LogP contribution in [0.1, 0.15) is 18.1 Å². The standard InChI is InChI=1S/C32H27NO2S/c1-25(35-32-18-9-8-12-27(32)24-34)23-31(36)17-10-11-26-19-21-30(22-20-26)33(28-13-4-2-5-14-28)29-15-6-3-7-16-29/h2-24,36H,1H3/p+1/b11-10+,25-23-,31-17-. The number of carbonyl (C=O) groups excluding carboxylic acids is 1. The molecule has 1 N–H and O–H groups in total. The Kier molecular flexibility index (Phi) is 8.57. The summed E-state index contributed by atoms with van der Waals surface area (Å²) < 4.78 is 5.83. The lowest BCUT2D eigenvalue weighted by Gasteiger charge is -2.25. The normalized spacial score (nSPS) is 11.9. The molecule has 0 saturated carbocycles. The molecule has 4 aromatic rings. The van der Waals surface area contributed by atoms with Crippen LogP contribution in [0.5, 0.6) is 5.75 Å². The van der Waals surface area contributed by atoms with Crippen molar-refractivity contribution in [3.8, 4) is 5.75 Å². The number of ether oxygens (including phenoxy) is 1. The molecule has 0 unspecified atom stereocenters. The number of rotatable bonds is 9. The van der Waals surface area contributed by atoms with Crippen LogP contribution < -0.4 is 9.64 Å². The lowest BCUT2D eigenvalue weighted by Crippen LogP contribution is -2.09. The van der Waals surface area contributed by atoms with Crippen LogP contribution in [-0.2, 0) is 0 Å². The summed E-state index contributed by atoms with van der Waals surface area (Å²) in [7, 11) is 0. The molecule has 36 heavy (non-hydrogen) atoms. The van der Waals surface area contributed by atoms with E-state index in [-0.39, 0.29) is 0 Å². The second-order valence-electron chi connectivity index (χ2n) is 8.07. The smallest absolute Gasteiger partial charge is 0.316 e. The average molecular weight is 491 g/mol. The highest BCUT2D eigenvalue weighted by Crippen LogP contribution is 2.34. The van der Waals surface area contributed by atoms with E-state index in [4.69, 9.17) is 4.74 Å². The zero-order chi connectivity index (χ0) is 25.2. The Labute approximate surface area is 218 Å². The molecular weight excluding hydrogens is 462 g/mol. The first-order valence-corrected chi connectivity index (χ1v) is 12.1. The molecule has 0 radical (unpaired) electrons. The zero-order valence-corrected chi connectivity index (χ0v) is 20.9. The van der Waals surface area contributed by atoms with Gasteiger partial charge >= 0.3 is 6.29 Å². The summed E-state index contributed by atoms with van der Waals surface area (Å²) in [5.41, 5.74) is 5.01. The predicted molar refractivity (Wildman–Crippen MR) is 155 cm³/mol. The maximum absolute atomic E-state index is 9.34. The van der Waals surface area contributed by atoms with Gasteiger partial charge in [0.05, 0.1) is 0 Å². The van der Waals surface area contributed by atoms with Crippen molar-refractivity contribution in [1.29, 1.82) is 0 Å². The molecule has 3 nitrogen and oxygen atoms in total. The van der Waals surface area contributed by atoms with Crippen LogP contribution in [0.3, 0.4) is 0 Å². The highest BCUT2D eigenvalue weighted by atomic mass is 32.1. The largest absolute Gasteiger partial charge is 0.461 e. The van der Waals surface area contributed by atoms with Crippen molar-refractivity contribution in [3.05, 3.63) is 149 Å². The van der Waals surface area contributed by atoms with Crippen LogP contribution in [0.25, 0.3) is 6.08 Å². The lowest BCUT2D eigenvalue weighted by molar-refractivity contribution is 0.426. The van der Waals surface area contributed by atoms with Crippen LogP contribution in [0.15, 0.2) is 138 Å². The minimum atomic E-state index is 0.588. The summed E-state index contributed by atoms with van der Waals surface area (Å²) in [6, 6.07) is 36.4. The number of para-hydroxylation sites is 3. The maximum Gasteiger partial charge on any atom is 0.316 e. The number of nitrogens with zero attached hydrogens (tertiary/aromatic N) is 1. The van der Waals surface area contributed by atoms with Gasteiger partial charge in [-0.3, -0.25) is 4.79 Å². The molecule has 4 heteroatoms. The third-order valence-corrected chi connectivity index (χ3v) is 5.69. The van der Waals surface area contributed by atoms with E-state index >= 15 is 0 Å². The van der Waals surface area contributed by atoms with Gasteiger partial charge in [0.2, 0.25) is 0 Å². The van der Waals surface area contributed by atoms with Crippen molar-refractivity contribution in [3.63, 3.8) is 0 Å². The molecule has 0 fully saturated rings. The molecule has 0 aliphatic heterocycles. The van der Waals surface area contributed by atoms with Gasteiger partial charge in [0.1, 0.15) is 17.1 Å². The second-order valence-corrected chi connectivity index (χ2v) is 8.59. The van der Waals surface area contributed by atoms with Crippen molar-refractivity contribution in [2.75, 3.05) is 4.90 Å². The minimum absolute atomic E-state index is 0.588. The Bertz CT molecular complexity index is 1340. The summed E-state index contributed by atoms with van der Waals surface area (Å²) in [6.45, 7) is 1.85. The molecule has 4 rings (SSSR count). The van der Waals surface area contributed by atoms with E-state index in [1.54, 1.807) is 6.07 Å². The predicted octanol–water partition coefficient (Wildman–Crippen LogP) is 8.49. The van der Waals surface area contributed by atoms with Gasteiger partial charge in [0.15, 0.2) is 0 Å². The molecule has 0 atom stereocenters. The van der Waals surface area contributed by atoms with Gasteiger partial charge in [0.25, 0.3) is 0 Å². The maximum atomic E-state index is 9.34. The summed E-state index contributed by atoms with van der Waals surface area (Å²) in [4.78, 5) is 12.3. The number of hydrogen-bond acceptors (Lipinski definition) is 3. The molecule has 0 aliphatic rings. The molecule has 0 saturated heterocycles. The summed E-state index contributed by atoms with van der Waals surface area (Å²) in [5, 5.41) is 0. The quantitative estimate of drug-likeness (QED) is 0.0839. The Hall–Kier alpha value is -4.28. The van der Waals surface area contributed by atoms with E-state index in [2.05, 4.69) is 90.3 Å². The number of aldehydes is 1. The Balaban J connectivity index is 1.46. The number of thiol groups is 1. The molecule has 0 spiro atoms. The third kappa shape index (κ3) is 6.65. The third-order valence-electron chi connectivity index (χ3n) is 5.42. The van der Waals surface area contributed by atoms with Crippen LogP contribution in [-0.4, -0.2) is 11.1 Å². The first-order valence-electron chi connectivity index (χ1n) is 11.6. The fraction of sp³-hybridized carbons (Fsp3) is 0.0312. The molecule has 178 valence electrons. The van der Waals surface area contributed by atoms with Crippen LogP contribution in [0.2, 0.25) is 0 Å². The van der Waals surface area contributed by atoms with Gasteiger partial charge in [-0.25, -0.2) is 0 Å². The lowest BCUT2D eigenvalue weighted by atomic mass is 10.1. The number of allylic oxidation sites excluding steroid dienone is 4. The molecule has 0 heterocycles. The van der Waals surface area contributed by atoms with E-state index in [1.165, 1.54) is 0 Å². The van der Waals surface area contributed by atoms with E-state index in [9.17, 15) is 4.79 Å². The molecule has 0 amide bonds. The molecule has 0 aliphatic carbocycles. The first kappa shape index (κ1) is 24.8. The number of anilines is 3. The number of hydrogen-bond donors (Lipinski definition) is 1. The molecule has 0 bridgehead atoms. The molecule has 0 aromatic heterocycles. The molecule has 4 aromatic carbocycles. The fourth-order valence-corrected chi connectivity index (χ4v) is 4.00. The summed E-state index contributed by atoms with van der Waals surface area (Å²) in [6.07, 6.45) is 8.78. The highest BCUT2D eigenvalue weighted by Gasteiger charge is 2.11. The Morgan fingerprint density at radius 1 is 0.750 bits per heavy atom. The van der Waals surface area contributed by atoms with Crippen molar-refractivity contribution in [1.82, 2.24) is 0 Å². The van der Waals surface area contributed by atoms with Gasteiger partial charge in [0, 0.05) is 22.0 Å². The van der Waals surface area contributed by atoms with Gasteiger partial charge in [-0.15, -0.1) is 12.6 Å². The zero-order valence-electron chi connectivity index (χ0n) is 20.0. The van der Waals surface area contributed by atoms with Crippen LogP contribution >= 0.6 is 12.6 Å². The summed E-state index contributed by atoms with van der Waals surface area (Å²) >= 11 is 4.54. The average Bonchev–Trinajstić information content (AvgIpc) is 2.91. The Morgan fingerprint density at radius 3 is 1.92 bits per heavy atom. The van der Waals surface area contributed by atoms with Gasteiger partial charge in [-0.2, -0.15) is 0 Å². The van der Waals surface area contributed by atoms with E-state index in [0.717, 1.165) is 33.8 Å². The highest BCUT2D eigenvalue weighted by molar-refractivity contribution is 7.84. The Morgan fingerprint density at radius 2 is 1.31 bits per heavy atom. The van der Waals surface area contributed by atoms with Gasteiger partial charge in [-0.05, 0) is 73.2 Å². The van der Waals surface area contributed by atoms with E-state index in [0.29, 0.717) is 17.1 Å². The van der Waals surface area contributed by atoms with Gasteiger partial charge < -0.3 is 9.64 Å². The van der Waals surface area contributed by atoms with Crippen molar-refractivity contribution in [2.24, 2.45) is 0 Å². The summed E-state index contributed by atoms with van der Waals surface area (Å²) in [5.74, 6) is 1.26. The SMILES string of the molecule is C/C(=C/C(S)=C/C=C/c1ccc(N(c2ccccc2)c2ccccc2)cc1)Oc1ccccc1C=[OH+]. The fourth-order valence-electron chi connectivity index (χ4n) is 3.73. The van der Waals surface area contributed by atoms with E-state index < -0.39 is 0 Å². The van der Waals surface area contributed by atoms with Crippen molar-refractivity contribution >= 4 is 42.1 Å².